The van der Waals surface area contributed by atoms with E-state index < -0.39 is 0 Å². The fraction of sp³-hybridized carbons (Fsp3) is 0.160. The number of amides is 1. The summed E-state index contributed by atoms with van der Waals surface area (Å²) in [6, 6.07) is 22.4. The molecule has 4 aromatic rings. The lowest BCUT2D eigenvalue weighted by Gasteiger charge is -2.10. The van der Waals surface area contributed by atoms with Crippen molar-refractivity contribution in [3.8, 4) is 28.7 Å². The quantitative estimate of drug-likeness (QED) is 0.403. The fourth-order valence-corrected chi connectivity index (χ4v) is 3.05. The SMILES string of the molecule is COc1ccccc1Oc1ccc(NC(=O)CCc2nnc(-c3ccc(C)cc3)o2)cc1. The number of aryl methyl sites for hydroxylation is 2. The molecule has 162 valence electrons. The maximum atomic E-state index is 12.3. The van der Waals surface area contributed by atoms with E-state index in [9.17, 15) is 4.79 Å². The average molecular weight is 429 g/mol. The van der Waals surface area contributed by atoms with E-state index in [1.807, 2.05) is 55.5 Å². The summed E-state index contributed by atoms with van der Waals surface area (Å²) in [6.07, 6.45) is 0.592. The van der Waals surface area contributed by atoms with E-state index in [0.717, 1.165) is 11.1 Å². The molecule has 4 rings (SSSR count). The van der Waals surface area contributed by atoms with Crippen LogP contribution in [-0.2, 0) is 11.2 Å². The summed E-state index contributed by atoms with van der Waals surface area (Å²) < 4.78 is 16.8. The van der Waals surface area contributed by atoms with Crippen LogP contribution in [0.15, 0.2) is 77.2 Å². The standard InChI is InChI=1S/C25H23N3O4/c1-17-7-9-18(10-8-17)25-28-27-24(32-25)16-15-23(29)26-19-11-13-20(14-12-19)31-22-6-4-3-5-21(22)30-2/h3-14H,15-16H2,1-2H3,(H,26,29). The summed E-state index contributed by atoms with van der Waals surface area (Å²) in [5, 5.41) is 11.0. The summed E-state index contributed by atoms with van der Waals surface area (Å²) in [6.45, 7) is 2.02. The van der Waals surface area contributed by atoms with Crippen LogP contribution in [0.25, 0.3) is 11.5 Å². The average Bonchev–Trinajstić information content (AvgIpc) is 3.29. The summed E-state index contributed by atoms with van der Waals surface area (Å²) in [7, 11) is 1.60. The molecule has 32 heavy (non-hydrogen) atoms. The molecule has 0 spiro atoms. The second-order valence-electron chi connectivity index (χ2n) is 7.19. The number of nitrogens with zero attached hydrogens (tertiary/aromatic N) is 2. The molecule has 0 saturated heterocycles. The van der Waals surface area contributed by atoms with E-state index in [0.29, 0.717) is 41.1 Å². The van der Waals surface area contributed by atoms with Crippen LogP contribution in [0, 0.1) is 6.92 Å². The van der Waals surface area contributed by atoms with Crippen molar-refractivity contribution in [2.75, 3.05) is 12.4 Å². The zero-order chi connectivity index (χ0) is 22.3. The Hall–Kier alpha value is -4.13. The van der Waals surface area contributed by atoms with Gasteiger partial charge in [0.1, 0.15) is 5.75 Å². The Morgan fingerprint density at radius 2 is 1.66 bits per heavy atom. The van der Waals surface area contributed by atoms with Crippen LogP contribution in [0.2, 0.25) is 0 Å². The second-order valence-corrected chi connectivity index (χ2v) is 7.19. The molecule has 1 N–H and O–H groups in total. The number of anilines is 1. The highest BCUT2D eigenvalue weighted by molar-refractivity contribution is 5.90. The third-order valence-electron chi connectivity index (χ3n) is 4.77. The lowest BCUT2D eigenvalue weighted by molar-refractivity contribution is -0.116. The number of ether oxygens (including phenoxy) is 2. The molecule has 3 aromatic carbocycles. The summed E-state index contributed by atoms with van der Waals surface area (Å²) in [4.78, 5) is 12.3. The molecular weight excluding hydrogens is 406 g/mol. The van der Waals surface area contributed by atoms with Gasteiger partial charge >= 0.3 is 0 Å². The van der Waals surface area contributed by atoms with Crippen LogP contribution in [0.5, 0.6) is 17.2 Å². The van der Waals surface area contributed by atoms with E-state index in [1.165, 1.54) is 0 Å². The van der Waals surface area contributed by atoms with E-state index in [2.05, 4.69) is 15.5 Å². The van der Waals surface area contributed by atoms with Crippen molar-refractivity contribution in [3.05, 3.63) is 84.3 Å². The number of benzene rings is 3. The minimum atomic E-state index is -0.140. The van der Waals surface area contributed by atoms with Crippen molar-refractivity contribution in [2.45, 2.75) is 19.8 Å². The third kappa shape index (κ3) is 5.31. The largest absolute Gasteiger partial charge is 0.493 e. The molecule has 0 aliphatic carbocycles. The smallest absolute Gasteiger partial charge is 0.247 e. The van der Waals surface area contributed by atoms with Gasteiger partial charge in [-0.05, 0) is 55.5 Å². The number of aromatic nitrogens is 2. The Morgan fingerprint density at radius 1 is 0.938 bits per heavy atom. The number of methoxy groups -OCH3 is 1. The highest BCUT2D eigenvalue weighted by atomic mass is 16.5. The number of carbonyl (C=O) groups excluding carboxylic acids is 1. The first-order valence-corrected chi connectivity index (χ1v) is 10.2. The van der Waals surface area contributed by atoms with Crippen molar-refractivity contribution < 1.29 is 18.7 Å². The Kier molecular flexibility index (Phi) is 6.46. The van der Waals surface area contributed by atoms with Crippen LogP contribution >= 0.6 is 0 Å². The molecule has 0 radical (unpaired) electrons. The van der Waals surface area contributed by atoms with Crippen molar-refractivity contribution in [1.29, 1.82) is 0 Å². The van der Waals surface area contributed by atoms with E-state index >= 15 is 0 Å². The van der Waals surface area contributed by atoms with Gasteiger partial charge in [0, 0.05) is 24.1 Å². The molecule has 0 atom stereocenters. The fourth-order valence-electron chi connectivity index (χ4n) is 3.05. The maximum absolute atomic E-state index is 12.3. The molecule has 1 aromatic heterocycles. The van der Waals surface area contributed by atoms with Gasteiger partial charge in [0.25, 0.3) is 0 Å². The van der Waals surface area contributed by atoms with Crippen LogP contribution in [0.3, 0.4) is 0 Å². The lowest BCUT2D eigenvalue weighted by Crippen LogP contribution is -2.12. The predicted octanol–water partition coefficient (Wildman–Crippen LogP) is 5.42. The number of hydrogen-bond donors (Lipinski definition) is 1. The number of para-hydroxylation sites is 2. The molecule has 1 amide bonds. The van der Waals surface area contributed by atoms with Gasteiger partial charge in [-0.2, -0.15) is 0 Å². The highest BCUT2D eigenvalue weighted by Crippen LogP contribution is 2.31. The number of carbonyl (C=O) groups is 1. The van der Waals surface area contributed by atoms with Crippen molar-refractivity contribution in [2.24, 2.45) is 0 Å². The Balaban J connectivity index is 1.29. The highest BCUT2D eigenvalue weighted by Gasteiger charge is 2.11. The lowest BCUT2D eigenvalue weighted by atomic mass is 10.1. The molecule has 0 saturated carbocycles. The molecule has 0 aliphatic rings. The summed E-state index contributed by atoms with van der Waals surface area (Å²) in [5.41, 5.74) is 2.69. The first kappa shape index (κ1) is 21.1. The van der Waals surface area contributed by atoms with Crippen LogP contribution in [0.4, 0.5) is 5.69 Å². The predicted molar refractivity (Wildman–Crippen MR) is 121 cm³/mol. The number of hydrogen-bond acceptors (Lipinski definition) is 6. The molecule has 0 aliphatic heterocycles. The third-order valence-corrected chi connectivity index (χ3v) is 4.77. The summed E-state index contributed by atoms with van der Waals surface area (Å²) >= 11 is 0. The van der Waals surface area contributed by atoms with E-state index in [4.69, 9.17) is 13.9 Å². The Bertz CT molecular complexity index is 1180. The maximum Gasteiger partial charge on any atom is 0.247 e. The Morgan fingerprint density at radius 3 is 2.38 bits per heavy atom. The van der Waals surface area contributed by atoms with Crippen LogP contribution in [0.1, 0.15) is 17.9 Å². The number of rotatable bonds is 8. The van der Waals surface area contributed by atoms with Gasteiger partial charge in [0.2, 0.25) is 17.7 Å². The normalized spacial score (nSPS) is 10.6. The van der Waals surface area contributed by atoms with Gasteiger partial charge in [-0.3, -0.25) is 4.79 Å². The molecule has 1 heterocycles. The molecule has 0 unspecified atom stereocenters. The molecule has 7 heteroatoms. The molecule has 7 nitrogen and oxygen atoms in total. The van der Waals surface area contributed by atoms with Crippen molar-refractivity contribution >= 4 is 11.6 Å². The topological polar surface area (TPSA) is 86.5 Å². The summed E-state index contributed by atoms with van der Waals surface area (Å²) in [5.74, 6) is 2.65. The van der Waals surface area contributed by atoms with Crippen LogP contribution in [-0.4, -0.2) is 23.2 Å². The van der Waals surface area contributed by atoms with Gasteiger partial charge in [0.15, 0.2) is 11.5 Å². The first-order valence-electron chi connectivity index (χ1n) is 10.2. The van der Waals surface area contributed by atoms with E-state index in [-0.39, 0.29) is 12.3 Å². The Labute approximate surface area is 186 Å². The van der Waals surface area contributed by atoms with Gasteiger partial charge in [0.05, 0.1) is 7.11 Å². The second kappa shape index (κ2) is 9.78. The van der Waals surface area contributed by atoms with E-state index in [1.54, 1.807) is 31.4 Å². The van der Waals surface area contributed by atoms with Gasteiger partial charge < -0.3 is 19.2 Å². The van der Waals surface area contributed by atoms with Gasteiger partial charge in [-0.15, -0.1) is 10.2 Å². The zero-order valence-electron chi connectivity index (χ0n) is 17.9. The van der Waals surface area contributed by atoms with Crippen molar-refractivity contribution in [3.63, 3.8) is 0 Å². The molecule has 0 fully saturated rings. The van der Waals surface area contributed by atoms with Crippen molar-refractivity contribution in [1.82, 2.24) is 10.2 Å². The van der Waals surface area contributed by atoms with Gasteiger partial charge in [-0.1, -0.05) is 29.8 Å². The monoisotopic (exact) mass is 429 g/mol. The van der Waals surface area contributed by atoms with Crippen LogP contribution < -0.4 is 14.8 Å². The minimum absolute atomic E-state index is 0.140. The minimum Gasteiger partial charge on any atom is -0.493 e. The molecular formula is C25H23N3O4. The van der Waals surface area contributed by atoms with Gasteiger partial charge in [-0.25, -0.2) is 0 Å². The number of nitrogens with one attached hydrogen (secondary N) is 1. The zero-order valence-corrected chi connectivity index (χ0v) is 17.9. The molecule has 0 bridgehead atoms. The first-order chi connectivity index (χ1) is 15.6.